The molecule has 0 aliphatic carbocycles. The highest BCUT2D eigenvalue weighted by Crippen LogP contribution is 2.31. The highest BCUT2D eigenvalue weighted by Gasteiger charge is 2.30. The molecule has 0 fully saturated rings. The van der Waals surface area contributed by atoms with E-state index in [1.165, 1.54) is 18.2 Å². The summed E-state index contributed by atoms with van der Waals surface area (Å²) in [6.07, 6.45) is 0.0257. The first-order valence-electron chi connectivity index (χ1n) is 10.2. The lowest BCUT2D eigenvalue weighted by Gasteiger charge is -2.26. The first-order valence-corrected chi connectivity index (χ1v) is 10.2. The third-order valence-corrected chi connectivity index (χ3v) is 5.67. The second-order valence-corrected chi connectivity index (χ2v) is 7.79. The van der Waals surface area contributed by atoms with Crippen molar-refractivity contribution in [2.24, 2.45) is 0 Å². The van der Waals surface area contributed by atoms with Gasteiger partial charge in [-0.15, -0.1) is 0 Å². The molecule has 1 aliphatic rings. The summed E-state index contributed by atoms with van der Waals surface area (Å²) < 4.78 is 52.0. The van der Waals surface area contributed by atoms with E-state index in [2.05, 4.69) is 16.0 Å². The number of hydrogen-bond acceptors (Lipinski definition) is 2. The van der Waals surface area contributed by atoms with Gasteiger partial charge in [-0.2, -0.15) is 13.2 Å². The van der Waals surface area contributed by atoms with E-state index in [0.29, 0.717) is 11.8 Å². The molecule has 0 bridgehead atoms. The molecule has 3 aromatic rings. The fraction of sp³-hybridized carbons (Fsp3) is 0.292. The number of benzene rings is 2. The summed E-state index contributed by atoms with van der Waals surface area (Å²) in [4.78, 5) is 17.2. The Hall–Kier alpha value is -2.93. The van der Waals surface area contributed by atoms with Crippen LogP contribution in [0.3, 0.4) is 0 Å². The molecule has 0 amide bonds. The van der Waals surface area contributed by atoms with Crippen molar-refractivity contribution in [1.82, 2.24) is 9.88 Å². The van der Waals surface area contributed by atoms with E-state index in [1.807, 2.05) is 6.07 Å². The Balaban J connectivity index is 1.33. The molecule has 1 N–H and O–H groups in total. The van der Waals surface area contributed by atoms with E-state index in [1.54, 1.807) is 12.1 Å². The molecule has 31 heavy (non-hydrogen) atoms. The summed E-state index contributed by atoms with van der Waals surface area (Å²) in [5.41, 5.74) is 1.62. The van der Waals surface area contributed by atoms with Gasteiger partial charge >= 0.3 is 6.18 Å². The monoisotopic (exact) mass is 430 g/mol. The minimum absolute atomic E-state index is 0.0863. The molecule has 1 aliphatic heterocycles. The van der Waals surface area contributed by atoms with Gasteiger partial charge in [0.05, 0.1) is 10.9 Å². The number of pyridine rings is 1. The van der Waals surface area contributed by atoms with Crippen LogP contribution in [-0.4, -0.2) is 29.5 Å². The van der Waals surface area contributed by atoms with Crippen molar-refractivity contribution < 1.29 is 17.6 Å². The second kappa shape index (κ2) is 8.67. The average Bonchev–Trinajstić information content (AvgIpc) is 2.74. The summed E-state index contributed by atoms with van der Waals surface area (Å²) in [5, 5.41) is 0.684. The number of nitrogens with one attached hydrogen (secondary N) is 1. The van der Waals surface area contributed by atoms with Crippen LogP contribution in [0.4, 0.5) is 17.6 Å². The van der Waals surface area contributed by atoms with Crippen LogP contribution in [0.1, 0.15) is 29.7 Å². The van der Waals surface area contributed by atoms with E-state index in [-0.39, 0.29) is 5.39 Å². The summed E-state index contributed by atoms with van der Waals surface area (Å²) in [6, 6.07) is 11.7. The number of H-pyrrole nitrogens is 1. The number of alkyl halides is 3. The number of nitrogens with zero attached hydrogens (tertiary/aromatic N) is 1. The van der Waals surface area contributed by atoms with Crippen LogP contribution in [0.15, 0.2) is 59.4 Å². The van der Waals surface area contributed by atoms with Crippen LogP contribution < -0.4 is 5.56 Å². The molecule has 0 unspecified atom stereocenters. The van der Waals surface area contributed by atoms with Gasteiger partial charge in [-0.1, -0.05) is 30.3 Å². The fourth-order valence-corrected chi connectivity index (χ4v) is 4.01. The molecule has 162 valence electrons. The van der Waals surface area contributed by atoms with Gasteiger partial charge in [0.1, 0.15) is 5.82 Å². The zero-order valence-corrected chi connectivity index (χ0v) is 16.8. The van der Waals surface area contributed by atoms with Gasteiger partial charge < -0.3 is 4.98 Å². The van der Waals surface area contributed by atoms with Crippen LogP contribution in [0.25, 0.3) is 16.3 Å². The Morgan fingerprint density at radius 2 is 1.84 bits per heavy atom. The van der Waals surface area contributed by atoms with Crippen molar-refractivity contribution in [2.45, 2.75) is 25.4 Å². The standard InChI is InChI=1S/C24H22F4N2O/c25-21-5-1-3-18-15-20(29-23(31)22(18)21)4-2-12-30-13-10-17(11-14-30)16-6-8-19(9-7-16)24(26,27)28/h1,3,5-10,15H,2,4,11-14H2,(H,29,31). The van der Waals surface area contributed by atoms with E-state index >= 15 is 0 Å². The summed E-state index contributed by atoms with van der Waals surface area (Å²) in [6.45, 7) is 2.39. The molecule has 0 saturated heterocycles. The number of aromatic amines is 1. The largest absolute Gasteiger partial charge is 0.416 e. The number of hydrogen-bond donors (Lipinski definition) is 1. The Morgan fingerprint density at radius 3 is 2.52 bits per heavy atom. The number of aryl methyl sites for hydroxylation is 1. The van der Waals surface area contributed by atoms with Crippen molar-refractivity contribution >= 4 is 16.3 Å². The van der Waals surface area contributed by atoms with Crippen molar-refractivity contribution in [2.75, 3.05) is 19.6 Å². The van der Waals surface area contributed by atoms with Gasteiger partial charge in [-0.25, -0.2) is 4.39 Å². The third-order valence-electron chi connectivity index (χ3n) is 5.67. The van der Waals surface area contributed by atoms with Gasteiger partial charge in [0.25, 0.3) is 5.56 Å². The number of fused-ring (bicyclic) bond motifs is 1. The number of rotatable bonds is 5. The molecule has 2 aromatic carbocycles. The van der Waals surface area contributed by atoms with Gasteiger partial charge in [0, 0.05) is 18.8 Å². The van der Waals surface area contributed by atoms with Crippen molar-refractivity contribution in [3.05, 3.63) is 87.6 Å². The molecule has 0 atom stereocenters. The van der Waals surface area contributed by atoms with Crippen LogP contribution in [0.2, 0.25) is 0 Å². The molecular weight excluding hydrogens is 408 g/mol. The molecule has 0 radical (unpaired) electrons. The van der Waals surface area contributed by atoms with Crippen molar-refractivity contribution in [1.29, 1.82) is 0 Å². The van der Waals surface area contributed by atoms with Gasteiger partial charge in [0.15, 0.2) is 0 Å². The maximum absolute atomic E-state index is 13.8. The SMILES string of the molecule is O=c1[nH]c(CCCN2CC=C(c3ccc(C(F)(F)F)cc3)CC2)cc2cccc(F)c12. The molecule has 4 rings (SSSR count). The first-order chi connectivity index (χ1) is 14.8. The third kappa shape index (κ3) is 4.88. The van der Waals surface area contributed by atoms with Gasteiger partial charge in [-0.3, -0.25) is 9.69 Å². The zero-order chi connectivity index (χ0) is 22.0. The van der Waals surface area contributed by atoms with E-state index in [9.17, 15) is 22.4 Å². The van der Waals surface area contributed by atoms with Crippen LogP contribution >= 0.6 is 0 Å². The molecule has 7 heteroatoms. The average molecular weight is 430 g/mol. The maximum atomic E-state index is 13.8. The summed E-state index contributed by atoms with van der Waals surface area (Å²) >= 11 is 0. The highest BCUT2D eigenvalue weighted by atomic mass is 19.4. The van der Waals surface area contributed by atoms with E-state index in [4.69, 9.17) is 0 Å². The van der Waals surface area contributed by atoms with E-state index < -0.39 is 23.1 Å². The normalized spacial score (nSPS) is 15.3. The second-order valence-electron chi connectivity index (χ2n) is 7.79. The predicted molar refractivity (Wildman–Crippen MR) is 113 cm³/mol. The molecule has 2 heterocycles. The smallest absolute Gasteiger partial charge is 0.326 e. The summed E-state index contributed by atoms with van der Waals surface area (Å²) in [5.74, 6) is -0.519. The van der Waals surface area contributed by atoms with Gasteiger partial charge in [-0.05, 0) is 66.6 Å². The van der Waals surface area contributed by atoms with Crippen LogP contribution in [0, 0.1) is 5.82 Å². The predicted octanol–water partition coefficient (Wildman–Crippen LogP) is 5.41. The fourth-order valence-electron chi connectivity index (χ4n) is 4.01. The molecular formula is C24H22F4N2O. The Morgan fingerprint density at radius 1 is 1.06 bits per heavy atom. The van der Waals surface area contributed by atoms with Crippen LogP contribution in [0.5, 0.6) is 0 Å². The lowest BCUT2D eigenvalue weighted by atomic mass is 9.98. The lowest BCUT2D eigenvalue weighted by Crippen LogP contribution is -2.29. The first kappa shape index (κ1) is 21.3. The van der Waals surface area contributed by atoms with Crippen LogP contribution in [-0.2, 0) is 12.6 Å². The van der Waals surface area contributed by atoms with Crippen molar-refractivity contribution in [3.8, 4) is 0 Å². The number of halogens is 4. The lowest BCUT2D eigenvalue weighted by molar-refractivity contribution is -0.137. The molecule has 0 spiro atoms. The summed E-state index contributed by atoms with van der Waals surface area (Å²) in [7, 11) is 0. The Kier molecular flexibility index (Phi) is 5.96. The maximum Gasteiger partial charge on any atom is 0.416 e. The quantitative estimate of drug-likeness (QED) is 0.550. The highest BCUT2D eigenvalue weighted by molar-refractivity contribution is 5.82. The molecule has 3 nitrogen and oxygen atoms in total. The zero-order valence-electron chi connectivity index (χ0n) is 16.8. The Labute approximate surface area is 177 Å². The molecule has 0 saturated carbocycles. The van der Waals surface area contributed by atoms with E-state index in [0.717, 1.165) is 61.4 Å². The Bertz CT molecular complexity index is 1160. The van der Waals surface area contributed by atoms with Crippen molar-refractivity contribution in [3.63, 3.8) is 0 Å². The minimum Gasteiger partial charge on any atom is -0.326 e. The topological polar surface area (TPSA) is 36.1 Å². The molecule has 1 aromatic heterocycles. The number of aromatic nitrogens is 1. The van der Waals surface area contributed by atoms with Gasteiger partial charge in [0.2, 0.25) is 0 Å². The minimum atomic E-state index is -4.32.